The molecule has 0 atom stereocenters. The minimum Gasteiger partial charge on any atom is -0.423 e. The first-order valence-corrected chi connectivity index (χ1v) is 16.8. The minimum absolute atomic E-state index is 0.0752. The molecule has 0 radical (unpaired) electrons. The van der Waals surface area contributed by atoms with Crippen LogP contribution in [0.15, 0.2) is 61.1 Å². The van der Waals surface area contributed by atoms with Crippen LogP contribution in [-0.2, 0) is 24.1 Å². The number of aromatic nitrogens is 5. The summed E-state index contributed by atoms with van der Waals surface area (Å²) in [6, 6.07) is 13.3. The quantitative estimate of drug-likeness (QED) is 0.165. The van der Waals surface area contributed by atoms with Gasteiger partial charge in [0.25, 0.3) is 0 Å². The molecule has 7 rings (SSSR count). The molecule has 3 aromatic heterocycles. The highest BCUT2D eigenvalue weighted by molar-refractivity contribution is 7.19. The number of carbonyl (C=O) groups excluding carboxylic acids is 2. The van der Waals surface area contributed by atoms with Gasteiger partial charge in [0, 0.05) is 25.2 Å². The van der Waals surface area contributed by atoms with E-state index in [-0.39, 0.29) is 11.9 Å². The molecule has 0 unspecified atom stereocenters. The van der Waals surface area contributed by atoms with E-state index in [9.17, 15) is 9.59 Å². The van der Waals surface area contributed by atoms with Gasteiger partial charge in [-0.2, -0.15) is 5.10 Å². The predicted molar refractivity (Wildman–Crippen MR) is 183 cm³/mol. The van der Waals surface area contributed by atoms with E-state index in [4.69, 9.17) is 21.4 Å². The SMILES string of the molecule is CC(C)Cc1cc(NC(=O)Nc2cnc(Oc3ccc(-c4cnc(N5CCCC5=O)s4)cc3Cl)nc2)n(-c2ccc3c(c2)CCC3)n1. The average molecular weight is 669 g/mol. The second kappa shape index (κ2) is 13.1. The summed E-state index contributed by atoms with van der Waals surface area (Å²) in [5, 5.41) is 11.6. The van der Waals surface area contributed by atoms with Gasteiger partial charge in [-0.05, 0) is 85.0 Å². The molecule has 2 aliphatic rings. The Balaban J connectivity index is 1.000. The van der Waals surface area contributed by atoms with E-state index in [1.54, 1.807) is 27.9 Å². The third-order valence-electron chi connectivity index (χ3n) is 8.05. The van der Waals surface area contributed by atoms with Gasteiger partial charge >= 0.3 is 12.0 Å². The highest BCUT2D eigenvalue weighted by atomic mass is 35.5. The molecule has 3 amide bonds. The molecule has 2 N–H and O–H groups in total. The first-order chi connectivity index (χ1) is 22.8. The van der Waals surface area contributed by atoms with Gasteiger partial charge in [-0.3, -0.25) is 15.0 Å². The molecular weight excluding hydrogens is 636 g/mol. The Labute approximate surface area is 281 Å². The van der Waals surface area contributed by atoms with Crippen molar-refractivity contribution in [2.45, 2.75) is 52.4 Å². The molecule has 1 saturated heterocycles. The molecule has 240 valence electrons. The topological polar surface area (TPSA) is 127 Å². The number of thiazole rings is 1. The number of nitrogens with zero attached hydrogens (tertiary/aromatic N) is 6. The number of ether oxygens (including phenoxy) is 1. The number of nitrogens with one attached hydrogen (secondary N) is 2. The van der Waals surface area contributed by atoms with Crippen LogP contribution < -0.4 is 20.3 Å². The van der Waals surface area contributed by atoms with Crippen molar-refractivity contribution >= 4 is 51.5 Å². The van der Waals surface area contributed by atoms with Gasteiger partial charge in [0.05, 0.1) is 39.4 Å². The maximum absolute atomic E-state index is 13.1. The van der Waals surface area contributed by atoms with E-state index in [1.165, 1.54) is 34.9 Å². The van der Waals surface area contributed by atoms with Crippen LogP contribution in [0.4, 0.5) is 21.4 Å². The Hall–Kier alpha value is -4.81. The molecule has 1 fully saturated rings. The van der Waals surface area contributed by atoms with Crippen molar-refractivity contribution in [3.8, 4) is 27.9 Å². The lowest BCUT2D eigenvalue weighted by Crippen LogP contribution is -2.23. The number of fused-ring (bicyclic) bond motifs is 1. The summed E-state index contributed by atoms with van der Waals surface area (Å²) in [6.07, 6.45) is 10.2. The van der Waals surface area contributed by atoms with Crippen molar-refractivity contribution in [3.63, 3.8) is 0 Å². The number of hydrogen-bond donors (Lipinski definition) is 2. The highest BCUT2D eigenvalue weighted by Gasteiger charge is 2.24. The molecule has 4 heterocycles. The van der Waals surface area contributed by atoms with Crippen molar-refractivity contribution in [3.05, 3.63) is 82.9 Å². The molecule has 13 heteroatoms. The average Bonchev–Trinajstić information content (AvgIpc) is 3.86. The van der Waals surface area contributed by atoms with Gasteiger partial charge in [-0.25, -0.2) is 24.4 Å². The lowest BCUT2D eigenvalue weighted by molar-refractivity contribution is -0.117. The van der Waals surface area contributed by atoms with Crippen molar-refractivity contribution in [1.82, 2.24) is 24.7 Å². The smallest absolute Gasteiger partial charge is 0.324 e. The monoisotopic (exact) mass is 668 g/mol. The number of anilines is 3. The summed E-state index contributed by atoms with van der Waals surface area (Å²) in [6.45, 7) is 4.98. The zero-order valence-electron chi connectivity index (χ0n) is 26.0. The molecule has 11 nitrogen and oxygen atoms in total. The van der Waals surface area contributed by atoms with Crippen LogP contribution in [-0.4, -0.2) is 43.2 Å². The highest BCUT2D eigenvalue weighted by Crippen LogP contribution is 2.37. The fourth-order valence-corrected chi connectivity index (χ4v) is 7.02. The molecule has 0 spiro atoms. The second-order valence-corrected chi connectivity index (χ2v) is 13.5. The van der Waals surface area contributed by atoms with Crippen LogP contribution in [0.1, 0.15) is 49.9 Å². The maximum atomic E-state index is 13.1. The Kier molecular flexibility index (Phi) is 8.61. The van der Waals surface area contributed by atoms with E-state index in [0.717, 1.165) is 53.9 Å². The fraction of sp³-hybridized carbons (Fsp3) is 0.294. The first kappa shape index (κ1) is 30.8. The molecule has 5 aromatic rings. The number of urea groups is 1. The van der Waals surface area contributed by atoms with Crippen molar-refractivity contribution in [2.75, 3.05) is 22.1 Å². The zero-order chi connectivity index (χ0) is 32.5. The zero-order valence-corrected chi connectivity index (χ0v) is 27.6. The van der Waals surface area contributed by atoms with E-state index in [0.29, 0.717) is 46.3 Å². The van der Waals surface area contributed by atoms with Gasteiger partial charge in [-0.1, -0.05) is 42.9 Å². The molecule has 0 bridgehead atoms. The van der Waals surface area contributed by atoms with Gasteiger partial charge in [0.1, 0.15) is 11.6 Å². The van der Waals surface area contributed by atoms with E-state index in [1.807, 2.05) is 12.1 Å². The second-order valence-electron chi connectivity index (χ2n) is 12.1. The predicted octanol–water partition coefficient (Wildman–Crippen LogP) is 7.69. The lowest BCUT2D eigenvalue weighted by atomic mass is 10.1. The Morgan fingerprint density at radius 3 is 2.57 bits per heavy atom. The number of carbonyl (C=O) groups is 2. The summed E-state index contributed by atoms with van der Waals surface area (Å²) >= 11 is 7.99. The molecular formula is C34H33ClN8O3S. The first-order valence-electron chi connectivity index (χ1n) is 15.6. The van der Waals surface area contributed by atoms with Gasteiger partial charge < -0.3 is 10.1 Å². The van der Waals surface area contributed by atoms with E-state index in [2.05, 4.69) is 57.6 Å². The van der Waals surface area contributed by atoms with E-state index >= 15 is 0 Å². The van der Waals surface area contributed by atoms with Crippen molar-refractivity contribution in [2.24, 2.45) is 5.92 Å². The van der Waals surface area contributed by atoms with Crippen molar-refractivity contribution < 1.29 is 14.3 Å². The lowest BCUT2D eigenvalue weighted by Gasteiger charge is -2.11. The van der Waals surface area contributed by atoms with Crippen LogP contribution in [0.5, 0.6) is 11.8 Å². The summed E-state index contributed by atoms with van der Waals surface area (Å²) in [4.78, 5) is 40.7. The summed E-state index contributed by atoms with van der Waals surface area (Å²) in [7, 11) is 0. The van der Waals surface area contributed by atoms with Crippen molar-refractivity contribution in [1.29, 1.82) is 0 Å². The number of halogens is 1. The molecule has 2 aromatic carbocycles. The number of benzene rings is 2. The summed E-state index contributed by atoms with van der Waals surface area (Å²) in [5.41, 5.74) is 5.79. The standard InChI is InChI=1S/C34H33ClN8O3S/c1-20(2)13-24-16-30(43(41-24)26-10-8-21-5-3-6-22(21)14-26)40-32(45)39-25-17-36-33(37-18-25)46-28-11-9-23(15-27(28)35)29-19-38-34(47-29)42-12-4-7-31(42)44/h8-11,14-20H,3-7,12-13H2,1-2H3,(H2,39,40,45). The minimum atomic E-state index is -0.445. The number of aryl methyl sites for hydroxylation is 2. The Morgan fingerprint density at radius 2 is 1.81 bits per heavy atom. The Bertz CT molecular complexity index is 1960. The molecule has 1 aliphatic heterocycles. The van der Waals surface area contributed by atoms with Gasteiger partial charge in [0.15, 0.2) is 5.13 Å². The van der Waals surface area contributed by atoms with Crippen LogP contribution in [0.3, 0.4) is 0 Å². The normalized spacial score (nSPS) is 14.1. The third-order valence-corrected chi connectivity index (χ3v) is 9.41. The van der Waals surface area contributed by atoms with Crippen LogP contribution in [0, 0.1) is 5.92 Å². The third kappa shape index (κ3) is 6.84. The van der Waals surface area contributed by atoms with E-state index < -0.39 is 6.03 Å². The van der Waals surface area contributed by atoms with Crippen LogP contribution in [0.2, 0.25) is 5.02 Å². The van der Waals surface area contributed by atoms with Gasteiger partial charge in [-0.15, -0.1) is 0 Å². The van der Waals surface area contributed by atoms with Crippen LogP contribution in [0.25, 0.3) is 16.1 Å². The molecule has 0 saturated carbocycles. The fourth-order valence-electron chi connectivity index (χ4n) is 5.84. The molecule has 1 aliphatic carbocycles. The maximum Gasteiger partial charge on any atom is 0.324 e. The number of hydrogen-bond acceptors (Lipinski definition) is 8. The summed E-state index contributed by atoms with van der Waals surface area (Å²) < 4.78 is 7.62. The summed E-state index contributed by atoms with van der Waals surface area (Å²) in [5.74, 6) is 1.48. The van der Waals surface area contributed by atoms with Crippen LogP contribution >= 0.6 is 22.9 Å². The van der Waals surface area contributed by atoms with Gasteiger partial charge in [0.2, 0.25) is 5.91 Å². The Morgan fingerprint density at radius 1 is 0.979 bits per heavy atom. The number of amides is 3. The molecule has 47 heavy (non-hydrogen) atoms. The largest absolute Gasteiger partial charge is 0.423 e. The number of rotatable bonds is 9.